The van der Waals surface area contributed by atoms with Gasteiger partial charge in [-0.25, -0.2) is 0 Å². The molecule has 0 aliphatic rings. The van der Waals surface area contributed by atoms with E-state index >= 15 is 0 Å². The second-order valence-corrected chi connectivity index (χ2v) is 10.1. The number of benzene rings is 6. The number of hydrogen-bond acceptors (Lipinski definition) is 2. The highest BCUT2D eigenvalue weighted by atomic mass is 16.5. The van der Waals surface area contributed by atoms with E-state index < -0.39 is 0 Å². The first-order valence-electron chi connectivity index (χ1n) is 13.3. The number of nitrogens with zero attached hydrogens (tertiary/aromatic N) is 1. The lowest BCUT2D eigenvalue weighted by molar-refractivity contribution is 0.393. The van der Waals surface area contributed by atoms with E-state index in [9.17, 15) is 0 Å². The molecule has 0 aliphatic heterocycles. The zero-order chi connectivity index (χ0) is 26.3. The summed E-state index contributed by atoms with van der Waals surface area (Å²) in [6, 6.07) is 45.7. The van der Waals surface area contributed by atoms with E-state index in [-0.39, 0.29) is 0 Å². The van der Waals surface area contributed by atoms with Gasteiger partial charge in [0.1, 0.15) is 5.76 Å². The van der Waals surface area contributed by atoms with Crippen LogP contribution >= 0.6 is 0 Å². The molecule has 0 fully saturated rings. The van der Waals surface area contributed by atoms with E-state index in [1.165, 1.54) is 60.5 Å². The third kappa shape index (κ3) is 3.93. The van der Waals surface area contributed by atoms with E-state index in [1.54, 1.807) is 0 Å². The molecule has 7 aromatic rings. The van der Waals surface area contributed by atoms with Crippen molar-refractivity contribution in [1.82, 2.24) is 5.16 Å². The fourth-order valence-corrected chi connectivity index (χ4v) is 5.92. The topological polar surface area (TPSA) is 26.0 Å². The molecule has 186 valence electrons. The lowest BCUT2D eigenvalue weighted by Gasteiger charge is -2.19. The van der Waals surface area contributed by atoms with Crippen LogP contribution in [0, 0.1) is 13.8 Å². The normalized spacial score (nSPS) is 11.3. The predicted molar refractivity (Wildman–Crippen MR) is 163 cm³/mol. The quantitative estimate of drug-likeness (QED) is 0.224. The van der Waals surface area contributed by atoms with Crippen LogP contribution in [0.25, 0.3) is 66.1 Å². The van der Waals surface area contributed by atoms with Crippen LogP contribution in [0.1, 0.15) is 11.5 Å². The lowest BCUT2D eigenvalue weighted by atomic mass is 9.84. The van der Waals surface area contributed by atoms with Crippen LogP contribution in [-0.2, 0) is 0 Å². The van der Waals surface area contributed by atoms with Gasteiger partial charge in [-0.15, -0.1) is 0 Å². The maximum atomic E-state index is 5.64. The first kappa shape index (κ1) is 23.2. The van der Waals surface area contributed by atoms with Gasteiger partial charge in [0.2, 0.25) is 0 Å². The highest BCUT2D eigenvalue weighted by molar-refractivity contribution is 6.22. The second-order valence-electron chi connectivity index (χ2n) is 10.1. The van der Waals surface area contributed by atoms with Gasteiger partial charge in [0.25, 0.3) is 0 Å². The van der Waals surface area contributed by atoms with Crippen molar-refractivity contribution in [3.63, 3.8) is 0 Å². The molecule has 0 aliphatic carbocycles. The van der Waals surface area contributed by atoms with Crippen molar-refractivity contribution in [2.45, 2.75) is 13.8 Å². The van der Waals surface area contributed by atoms with E-state index in [0.717, 1.165) is 17.0 Å². The minimum atomic E-state index is 0.841. The molecule has 0 radical (unpaired) electrons. The van der Waals surface area contributed by atoms with Gasteiger partial charge in [0.15, 0.2) is 0 Å². The van der Waals surface area contributed by atoms with Gasteiger partial charge in [-0.05, 0) is 87.0 Å². The first-order valence-corrected chi connectivity index (χ1v) is 13.3. The summed E-state index contributed by atoms with van der Waals surface area (Å²) in [5.41, 5.74) is 10.4. The van der Waals surface area contributed by atoms with Crippen molar-refractivity contribution in [1.29, 1.82) is 0 Å². The third-order valence-electron chi connectivity index (χ3n) is 7.65. The molecular formula is C37H27NO. The molecule has 2 nitrogen and oxygen atoms in total. The Kier molecular flexibility index (Phi) is 5.60. The molecule has 0 N–H and O–H groups in total. The fourth-order valence-electron chi connectivity index (χ4n) is 5.92. The number of rotatable bonds is 4. The van der Waals surface area contributed by atoms with Crippen LogP contribution in [0.2, 0.25) is 0 Å². The Morgan fingerprint density at radius 1 is 0.410 bits per heavy atom. The van der Waals surface area contributed by atoms with Crippen LogP contribution in [0.15, 0.2) is 132 Å². The highest BCUT2D eigenvalue weighted by Crippen LogP contribution is 2.46. The first-order chi connectivity index (χ1) is 19.2. The smallest absolute Gasteiger partial charge is 0.141 e. The molecule has 0 saturated carbocycles. The van der Waals surface area contributed by atoms with Crippen LogP contribution < -0.4 is 0 Å². The largest absolute Gasteiger partial charge is 0.361 e. The molecule has 6 aromatic carbocycles. The van der Waals surface area contributed by atoms with Crippen molar-refractivity contribution in [3.05, 3.63) is 139 Å². The van der Waals surface area contributed by atoms with E-state index in [2.05, 4.69) is 133 Å². The van der Waals surface area contributed by atoms with Gasteiger partial charge >= 0.3 is 0 Å². The Hall–Kier alpha value is -4.95. The molecule has 1 aromatic heterocycles. The Labute approximate surface area is 228 Å². The minimum Gasteiger partial charge on any atom is -0.361 e. The summed E-state index contributed by atoms with van der Waals surface area (Å²) in [5.74, 6) is 0.841. The van der Waals surface area contributed by atoms with Gasteiger partial charge in [-0.3, -0.25) is 0 Å². The summed E-state index contributed by atoms with van der Waals surface area (Å²) in [6.07, 6.45) is 0. The Morgan fingerprint density at radius 3 is 1.26 bits per heavy atom. The molecule has 2 heteroatoms. The molecule has 0 spiro atoms. The van der Waals surface area contributed by atoms with Crippen LogP contribution in [0.4, 0.5) is 0 Å². The zero-order valence-corrected chi connectivity index (χ0v) is 22.0. The molecule has 0 unspecified atom stereocenters. The molecule has 0 amide bonds. The molecule has 39 heavy (non-hydrogen) atoms. The summed E-state index contributed by atoms with van der Waals surface area (Å²) in [5, 5.41) is 9.14. The summed E-state index contributed by atoms with van der Waals surface area (Å²) < 4.78 is 5.64. The molecule has 0 saturated heterocycles. The van der Waals surface area contributed by atoms with Crippen molar-refractivity contribution in [2.75, 3.05) is 0 Å². The second kappa shape index (κ2) is 9.41. The monoisotopic (exact) mass is 501 g/mol. The van der Waals surface area contributed by atoms with Crippen molar-refractivity contribution in [3.8, 4) is 44.5 Å². The van der Waals surface area contributed by atoms with Gasteiger partial charge in [0, 0.05) is 11.1 Å². The van der Waals surface area contributed by atoms with Crippen LogP contribution in [0.3, 0.4) is 0 Å². The number of aryl methyl sites for hydroxylation is 2. The maximum Gasteiger partial charge on any atom is 0.141 e. The molecule has 0 bridgehead atoms. The number of aromatic nitrogens is 1. The zero-order valence-electron chi connectivity index (χ0n) is 22.0. The SMILES string of the molecule is Cc1noc(C)c1-c1c2ccccc2c(-c2cc(-c3ccccc3)cc(-c3ccccc3)c2)c2ccccc12. The van der Waals surface area contributed by atoms with Crippen LogP contribution in [-0.4, -0.2) is 5.16 Å². The van der Waals surface area contributed by atoms with Gasteiger partial charge in [-0.2, -0.15) is 0 Å². The summed E-state index contributed by atoms with van der Waals surface area (Å²) in [6.45, 7) is 4.03. The van der Waals surface area contributed by atoms with E-state index in [4.69, 9.17) is 4.52 Å². The maximum absolute atomic E-state index is 5.64. The number of hydrogen-bond donors (Lipinski definition) is 0. The predicted octanol–water partition coefficient (Wildman–Crippen LogP) is 10.3. The standard InChI is InChI=1S/C37H27NO/c1-24-35(25(2)39-38-24)37-33-19-11-9-17-31(33)36(32-18-10-12-20-34(32)37)30-22-28(26-13-5-3-6-14-26)21-29(23-30)27-15-7-4-8-16-27/h3-23H,1-2H3. The average Bonchev–Trinajstić information content (AvgIpc) is 3.33. The summed E-state index contributed by atoms with van der Waals surface area (Å²) >= 11 is 0. The Bertz CT molecular complexity index is 1830. The highest BCUT2D eigenvalue weighted by Gasteiger charge is 2.21. The fraction of sp³-hybridized carbons (Fsp3) is 0.0541. The number of fused-ring (bicyclic) bond motifs is 2. The molecule has 7 rings (SSSR count). The lowest BCUT2D eigenvalue weighted by Crippen LogP contribution is -1.93. The van der Waals surface area contributed by atoms with Crippen molar-refractivity contribution < 1.29 is 4.52 Å². The minimum absolute atomic E-state index is 0.841. The Morgan fingerprint density at radius 2 is 0.821 bits per heavy atom. The van der Waals surface area contributed by atoms with Crippen LogP contribution in [0.5, 0.6) is 0 Å². The van der Waals surface area contributed by atoms with Crippen molar-refractivity contribution >= 4 is 21.5 Å². The summed E-state index contributed by atoms with van der Waals surface area (Å²) in [7, 11) is 0. The van der Waals surface area contributed by atoms with E-state index in [0.29, 0.717) is 0 Å². The van der Waals surface area contributed by atoms with E-state index in [1.807, 2.05) is 13.8 Å². The van der Waals surface area contributed by atoms with Gasteiger partial charge < -0.3 is 4.52 Å². The molecule has 1 heterocycles. The molecule has 0 atom stereocenters. The summed E-state index contributed by atoms with van der Waals surface area (Å²) in [4.78, 5) is 0. The van der Waals surface area contributed by atoms with Gasteiger partial charge in [-0.1, -0.05) is 114 Å². The van der Waals surface area contributed by atoms with Gasteiger partial charge in [0.05, 0.1) is 5.69 Å². The third-order valence-corrected chi connectivity index (χ3v) is 7.65. The Balaban J connectivity index is 1.61. The van der Waals surface area contributed by atoms with Crippen molar-refractivity contribution in [2.24, 2.45) is 0 Å². The average molecular weight is 502 g/mol. The molecular weight excluding hydrogens is 474 g/mol.